The zero-order valence-electron chi connectivity index (χ0n) is 18.0. The second kappa shape index (κ2) is 8.57. The second-order valence-corrected chi connectivity index (χ2v) is 7.94. The van der Waals surface area contributed by atoms with Crippen LogP contribution in [0.4, 0.5) is 5.82 Å². The molecule has 0 spiro atoms. The number of piperidine rings is 1. The quantitative estimate of drug-likeness (QED) is 0.422. The first-order valence-electron chi connectivity index (χ1n) is 10.00. The van der Waals surface area contributed by atoms with E-state index in [1.165, 1.54) is 14.0 Å². The van der Waals surface area contributed by atoms with Gasteiger partial charge in [-0.05, 0) is 38.3 Å². The van der Waals surface area contributed by atoms with Crippen molar-refractivity contribution in [3.05, 3.63) is 41.7 Å². The Hall–Kier alpha value is -2.71. The number of carbonyl (C=O) groups is 2. The van der Waals surface area contributed by atoms with Crippen LogP contribution in [0.5, 0.6) is 0 Å². The molecule has 8 heteroatoms. The Balaban J connectivity index is 2.09. The number of nitrogens with zero attached hydrogens (tertiary/aromatic N) is 3. The zero-order chi connectivity index (χ0) is 22.1. The molecule has 1 aliphatic rings. The summed E-state index contributed by atoms with van der Waals surface area (Å²) in [7, 11) is 1.24. The molecule has 0 unspecified atom stereocenters. The van der Waals surface area contributed by atoms with Crippen LogP contribution < -0.4 is 4.90 Å². The van der Waals surface area contributed by atoms with E-state index in [1.807, 2.05) is 6.92 Å². The molecule has 1 fully saturated rings. The number of rotatable bonds is 7. The van der Waals surface area contributed by atoms with Crippen LogP contribution in [0, 0.1) is 6.92 Å². The highest BCUT2D eigenvalue weighted by Crippen LogP contribution is 2.36. The molecule has 0 amide bonds. The van der Waals surface area contributed by atoms with Gasteiger partial charge < -0.3 is 19.5 Å². The summed E-state index contributed by atoms with van der Waals surface area (Å²) < 4.78 is 12.5. The predicted molar refractivity (Wildman–Crippen MR) is 113 cm³/mol. The van der Waals surface area contributed by atoms with E-state index in [0.717, 1.165) is 12.8 Å². The number of imidazole rings is 1. The molecule has 1 N–H and O–H groups in total. The summed E-state index contributed by atoms with van der Waals surface area (Å²) >= 11 is 0. The number of methoxy groups -OCH3 is 1. The van der Waals surface area contributed by atoms with Gasteiger partial charge in [0.05, 0.1) is 19.3 Å². The Morgan fingerprint density at radius 3 is 2.63 bits per heavy atom. The van der Waals surface area contributed by atoms with Crippen molar-refractivity contribution in [3.8, 4) is 0 Å². The molecule has 0 aromatic carbocycles. The normalized spacial score (nSPS) is 17.0. The molecule has 2 aromatic heterocycles. The van der Waals surface area contributed by atoms with Gasteiger partial charge in [0.15, 0.2) is 11.9 Å². The van der Waals surface area contributed by atoms with Crippen LogP contribution >= 0.6 is 0 Å². The van der Waals surface area contributed by atoms with Gasteiger partial charge in [-0.1, -0.05) is 6.08 Å². The first-order valence-corrected chi connectivity index (χ1v) is 10.00. The number of fused-ring (bicyclic) bond motifs is 1. The van der Waals surface area contributed by atoms with Crippen molar-refractivity contribution in [1.82, 2.24) is 9.38 Å². The summed E-state index contributed by atoms with van der Waals surface area (Å²) in [5.41, 5.74) is 1.81. The number of ether oxygens (including phenoxy) is 2. The van der Waals surface area contributed by atoms with Gasteiger partial charge in [0.25, 0.3) is 0 Å². The summed E-state index contributed by atoms with van der Waals surface area (Å²) in [6.45, 7) is 10.9. The number of aliphatic hydroxyl groups is 1. The number of anilines is 1. The van der Waals surface area contributed by atoms with Crippen LogP contribution in [0.25, 0.3) is 5.65 Å². The van der Waals surface area contributed by atoms with Crippen LogP contribution in [-0.2, 0) is 14.3 Å². The average Bonchev–Trinajstić information content (AvgIpc) is 3.15. The number of pyridine rings is 1. The Morgan fingerprint density at radius 2 is 2.07 bits per heavy atom. The zero-order valence-corrected chi connectivity index (χ0v) is 18.0. The molecule has 8 nitrogen and oxygen atoms in total. The molecule has 30 heavy (non-hydrogen) atoms. The highest BCUT2D eigenvalue weighted by atomic mass is 16.5. The molecule has 0 saturated carbocycles. The molecule has 0 bridgehead atoms. The first-order chi connectivity index (χ1) is 14.2. The van der Waals surface area contributed by atoms with Crippen LogP contribution in [-0.4, -0.2) is 58.7 Å². The minimum Gasteiger partial charge on any atom is -0.467 e. The SMILES string of the molecule is C=CCOC1(C)CCN(c2c([C@H](O)C(=O)OC)c(C)cc3nc(C(C)=O)cn23)CC1. The van der Waals surface area contributed by atoms with Gasteiger partial charge in [0, 0.05) is 31.8 Å². The van der Waals surface area contributed by atoms with Crippen LogP contribution in [0.2, 0.25) is 0 Å². The maximum absolute atomic E-state index is 12.2. The van der Waals surface area contributed by atoms with E-state index in [1.54, 1.807) is 22.7 Å². The van der Waals surface area contributed by atoms with E-state index in [4.69, 9.17) is 9.47 Å². The van der Waals surface area contributed by atoms with Crippen molar-refractivity contribution in [1.29, 1.82) is 0 Å². The average molecular weight is 415 g/mol. The lowest BCUT2D eigenvalue weighted by Gasteiger charge is -2.41. The number of Topliss-reactive ketones (excluding diaryl/α,β-unsaturated/α-hetero) is 1. The summed E-state index contributed by atoms with van der Waals surface area (Å²) in [5, 5.41) is 10.7. The van der Waals surface area contributed by atoms with Crippen molar-refractivity contribution in [2.75, 3.05) is 31.7 Å². The van der Waals surface area contributed by atoms with Crippen molar-refractivity contribution >= 4 is 23.2 Å². The fraction of sp³-hybridized carbons (Fsp3) is 0.500. The van der Waals surface area contributed by atoms with E-state index >= 15 is 0 Å². The lowest BCUT2D eigenvalue weighted by molar-refractivity contribution is -0.150. The molecule has 3 heterocycles. The van der Waals surface area contributed by atoms with Crippen molar-refractivity contribution in [3.63, 3.8) is 0 Å². The minimum atomic E-state index is -1.44. The second-order valence-electron chi connectivity index (χ2n) is 7.94. The van der Waals surface area contributed by atoms with Gasteiger partial charge in [-0.15, -0.1) is 6.58 Å². The van der Waals surface area contributed by atoms with E-state index in [0.29, 0.717) is 48.0 Å². The molecule has 162 valence electrons. The molecule has 3 rings (SSSR count). The fourth-order valence-electron chi connectivity index (χ4n) is 3.90. The third-order valence-electron chi connectivity index (χ3n) is 5.70. The Kier molecular flexibility index (Phi) is 6.28. The van der Waals surface area contributed by atoms with E-state index in [9.17, 15) is 14.7 Å². The van der Waals surface area contributed by atoms with Crippen LogP contribution in [0.3, 0.4) is 0 Å². The molecule has 0 radical (unpaired) electrons. The van der Waals surface area contributed by atoms with Gasteiger partial charge in [-0.25, -0.2) is 9.78 Å². The van der Waals surface area contributed by atoms with E-state index in [-0.39, 0.29) is 11.4 Å². The standard InChI is InChI=1S/C22H29N3O5/c1-6-11-30-22(4)7-9-24(10-8-22)20-18(19(27)21(28)29-5)14(2)12-17-23-16(15(3)26)13-25(17)20/h6,12-13,19,27H,1,7-11H2,2-5H3/t19-/m0/s1. The van der Waals surface area contributed by atoms with Gasteiger partial charge in [-0.2, -0.15) is 0 Å². The van der Waals surface area contributed by atoms with E-state index < -0.39 is 12.1 Å². The highest BCUT2D eigenvalue weighted by Gasteiger charge is 2.35. The fourth-order valence-corrected chi connectivity index (χ4v) is 3.90. The summed E-state index contributed by atoms with van der Waals surface area (Å²) in [4.78, 5) is 30.6. The Labute approximate surface area is 176 Å². The molecule has 1 atom stereocenters. The smallest absolute Gasteiger partial charge is 0.339 e. The summed E-state index contributed by atoms with van der Waals surface area (Å²) in [5.74, 6) is -0.239. The summed E-state index contributed by atoms with van der Waals surface area (Å²) in [6, 6.07) is 1.76. The largest absolute Gasteiger partial charge is 0.467 e. The molecular weight excluding hydrogens is 386 g/mol. The third-order valence-corrected chi connectivity index (χ3v) is 5.70. The van der Waals surface area contributed by atoms with Gasteiger partial charge in [0.1, 0.15) is 17.2 Å². The maximum Gasteiger partial charge on any atom is 0.339 e. The van der Waals surface area contributed by atoms with E-state index in [2.05, 4.69) is 23.4 Å². The molecule has 1 aliphatic heterocycles. The predicted octanol–water partition coefficient (Wildman–Crippen LogP) is 2.61. The van der Waals surface area contributed by atoms with Crippen molar-refractivity contribution < 1.29 is 24.2 Å². The number of aryl methyl sites for hydroxylation is 1. The van der Waals surface area contributed by atoms with Gasteiger partial charge in [-0.3, -0.25) is 9.20 Å². The first kappa shape index (κ1) is 22.0. The number of hydrogen-bond acceptors (Lipinski definition) is 7. The van der Waals surface area contributed by atoms with Crippen LogP contribution in [0.15, 0.2) is 24.9 Å². The Morgan fingerprint density at radius 1 is 1.40 bits per heavy atom. The molecule has 0 aliphatic carbocycles. The maximum atomic E-state index is 12.2. The van der Waals surface area contributed by atoms with Gasteiger partial charge >= 0.3 is 5.97 Å². The monoisotopic (exact) mass is 415 g/mol. The number of aromatic nitrogens is 2. The third kappa shape index (κ3) is 4.11. The number of aliphatic hydroxyl groups excluding tert-OH is 1. The van der Waals surface area contributed by atoms with Crippen LogP contribution in [0.1, 0.15) is 54.4 Å². The number of hydrogen-bond donors (Lipinski definition) is 1. The summed E-state index contributed by atoms with van der Waals surface area (Å²) in [6.07, 6.45) is 3.47. The van der Waals surface area contributed by atoms with Crippen molar-refractivity contribution in [2.45, 2.75) is 45.3 Å². The Bertz CT molecular complexity index is 973. The number of carbonyl (C=O) groups excluding carboxylic acids is 2. The lowest BCUT2D eigenvalue weighted by Crippen LogP contribution is -2.45. The molecule has 1 saturated heterocycles. The minimum absolute atomic E-state index is 0.151. The highest BCUT2D eigenvalue weighted by molar-refractivity contribution is 5.93. The number of ketones is 1. The molecule has 2 aromatic rings. The number of esters is 1. The topological polar surface area (TPSA) is 93.4 Å². The lowest BCUT2D eigenvalue weighted by atomic mass is 9.92. The van der Waals surface area contributed by atoms with Crippen molar-refractivity contribution in [2.24, 2.45) is 0 Å². The van der Waals surface area contributed by atoms with Gasteiger partial charge in [0.2, 0.25) is 0 Å². The molecular formula is C22H29N3O5.